The number of aliphatic imine (C=N–C) groups is 1. The number of rotatable bonds is 4. The van der Waals surface area contributed by atoms with E-state index in [-0.39, 0.29) is 17.6 Å². The van der Waals surface area contributed by atoms with Gasteiger partial charge in [-0.3, -0.25) is 9.51 Å². The van der Waals surface area contributed by atoms with Gasteiger partial charge in [-0.25, -0.2) is 19.2 Å². The fourth-order valence-electron chi connectivity index (χ4n) is 4.99. The van der Waals surface area contributed by atoms with Crippen LogP contribution in [0, 0.1) is 18.7 Å². The van der Waals surface area contributed by atoms with E-state index >= 15 is 4.39 Å². The number of benzene rings is 1. The zero-order valence-corrected chi connectivity index (χ0v) is 19.4. The molecule has 2 aliphatic rings. The van der Waals surface area contributed by atoms with E-state index in [4.69, 9.17) is 10.5 Å². The number of fused-ring (bicyclic) bond motifs is 1. The SMILES string of the molecule is Cc1nc(N)c2c(n1)OC(C)(C)C(c1ccc(C3CCC(Cc4noc(=O)[nH]4)CC3)c(F)c1)=N2. The summed E-state index contributed by atoms with van der Waals surface area (Å²) >= 11 is 0. The number of nitrogens with one attached hydrogen (secondary N) is 1. The van der Waals surface area contributed by atoms with Gasteiger partial charge < -0.3 is 10.5 Å². The number of H-pyrrole nitrogens is 1. The Morgan fingerprint density at radius 3 is 2.65 bits per heavy atom. The summed E-state index contributed by atoms with van der Waals surface area (Å²) < 4.78 is 26.0. The van der Waals surface area contributed by atoms with Crippen molar-refractivity contribution in [3.8, 4) is 5.88 Å². The maximum Gasteiger partial charge on any atom is 0.438 e. The third-order valence-electron chi connectivity index (χ3n) is 6.66. The molecule has 34 heavy (non-hydrogen) atoms. The minimum absolute atomic E-state index is 0.145. The highest BCUT2D eigenvalue weighted by Gasteiger charge is 2.36. The Kier molecular flexibility index (Phi) is 5.45. The van der Waals surface area contributed by atoms with Gasteiger partial charge in [-0.2, -0.15) is 4.98 Å². The number of aromatic nitrogens is 4. The maximum atomic E-state index is 15.3. The first-order valence-corrected chi connectivity index (χ1v) is 11.5. The average molecular weight is 467 g/mol. The van der Waals surface area contributed by atoms with Crippen LogP contribution in [0.5, 0.6) is 5.88 Å². The molecule has 0 amide bonds. The van der Waals surface area contributed by atoms with Crippen LogP contribution < -0.4 is 16.2 Å². The van der Waals surface area contributed by atoms with E-state index in [0.717, 1.165) is 25.7 Å². The van der Waals surface area contributed by atoms with E-state index in [1.807, 2.05) is 26.0 Å². The van der Waals surface area contributed by atoms with Crippen LogP contribution in [0.15, 0.2) is 32.5 Å². The third kappa shape index (κ3) is 4.20. The molecule has 1 saturated carbocycles. The smallest absolute Gasteiger partial charge is 0.438 e. The summed E-state index contributed by atoms with van der Waals surface area (Å²) in [6.45, 7) is 5.48. The van der Waals surface area contributed by atoms with Gasteiger partial charge in [0.2, 0.25) is 5.88 Å². The Morgan fingerprint density at radius 1 is 1.21 bits per heavy atom. The zero-order valence-electron chi connectivity index (χ0n) is 19.4. The van der Waals surface area contributed by atoms with Crippen LogP contribution in [0.25, 0.3) is 0 Å². The molecule has 1 aliphatic heterocycles. The molecule has 1 fully saturated rings. The number of nitrogens with two attached hydrogens (primary N) is 1. The van der Waals surface area contributed by atoms with E-state index < -0.39 is 11.4 Å². The van der Waals surface area contributed by atoms with Crippen LogP contribution in [-0.4, -0.2) is 31.4 Å². The summed E-state index contributed by atoms with van der Waals surface area (Å²) in [6.07, 6.45) is 4.29. The minimum atomic E-state index is -0.811. The molecule has 3 heterocycles. The summed E-state index contributed by atoms with van der Waals surface area (Å²) in [5.74, 6) is 1.41. The van der Waals surface area contributed by atoms with Gasteiger partial charge in [0.15, 0.2) is 17.3 Å². The summed E-state index contributed by atoms with van der Waals surface area (Å²) in [5.41, 5.74) is 7.54. The Morgan fingerprint density at radius 2 is 1.97 bits per heavy atom. The molecule has 0 radical (unpaired) electrons. The number of hydrogen-bond donors (Lipinski definition) is 2. The van der Waals surface area contributed by atoms with E-state index in [0.29, 0.717) is 52.4 Å². The number of halogens is 1. The average Bonchev–Trinajstić information content (AvgIpc) is 3.17. The molecule has 0 bridgehead atoms. The molecule has 0 atom stereocenters. The minimum Gasteiger partial charge on any atom is -0.463 e. The summed E-state index contributed by atoms with van der Waals surface area (Å²) in [5, 5.41) is 3.75. The van der Waals surface area contributed by atoms with Crippen LogP contribution in [0.2, 0.25) is 0 Å². The van der Waals surface area contributed by atoms with Gasteiger partial charge >= 0.3 is 5.76 Å². The van der Waals surface area contributed by atoms with E-state index in [1.165, 1.54) is 6.07 Å². The number of nitrogens with zero attached hydrogens (tertiary/aromatic N) is 4. The molecule has 3 N–H and O–H groups in total. The lowest BCUT2D eigenvalue weighted by molar-refractivity contribution is 0.171. The predicted molar refractivity (Wildman–Crippen MR) is 124 cm³/mol. The maximum absolute atomic E-state index is 15.3. The van der Waals surface area contributed by atoms with E-state index in [9.17, 15) is 4.79 Å². The Bertz CT molecular complexity index is 1320. The van der Waals surface area contributed by atoms with Crippen LogP contribution in [-0.2, 0) is 6.42 Å². The van der Waals surface area contributed by atoms with Crippen LogP contribution >= 0.6 is 0 Å². The van der Waals surface area contributed by atoms with Crippen molar-refractivity contribution in [2.45, 2.75) is 64.4 Å². The predicted octanol–water partition coefficient (Wildman–Crippen LogP) is 3.99. The molecule has 0 spiro atoms. The largest absolute Gasteiger partial charge is 0.463 e. The molecule has 2 aromatic heterocycles. The highest BCUT2D eigenvalue weighted by atomic mass is 19.1. The molecular weight excluding hydrogens is 439 g/mol. The van der Waals surface area contributed by atoms with Crippen molar-refractivity contribution in [2.75, 3.05) is 5.73 Å². The second-order valence-corrected chi connectivity index (χ2v) is 9.58. The van der Waals surface area contributed by atoms with Crippen molar-refractivity contribution in [1.29, 1.82) is 0 Å². The molecule has 9 nitrogen and oxygen atoms in total. The van der Waals surface area contributed by atoms with Crippen LogP contribution in [0.4, 0.5) is 15.9 Å². The van der Waals surface area contributed by atoms with Gasteiger partial charge in [0.25, 0.3) is 0 Å². The lowest BCUT2D eigenvalue weighted by atomic mass is 9.77. The topological polar surface area (TPSA) is 132 Å². The second-order valence-electron chi connectivity index (χ2n) is 9.58. The number of hydrogen-bond acceptors (Lipinski definition) is 8. The molecule has 3 aromatic rings. The number of anilines is 1. The zero-order chi connectivity index (χ0) is 24.0. The van der Waals surface area contributed by atoms with Gasteiger partial charge in [0.05, 0.1) is 5.71 Å². The molecular formula is C24H27FN6O3. The van der Waals surface area contributed by atoms with Crippen molar-refractivity contribution in [1.82, 2.24) is 20.1 Å². The van der Waals surface area contributed by atoms with Crippen molar-refractivity contribution < 1.29 is 13.7 Å². The van der Waals surface area contributed by atoms with Gasteiger partial charge in [0.1, 0.15) is 17.2 Å². The third-order valence-corrected chi connectivity index (χ3v) is 6.66. The number of aromatic amines is 1. The summed E-state index contributed by atoms with van der Waals surface area (Å²) in [4.78, 5) is 26.9. The van der Waals surface area contributed by atoms with Crippen molar-refractivity contribution in [3.63, 3.8) is 0 Å². The molecule has 178 valence electrons. The van der Waals surface area contributed by atoms with Gasteiger partial charge in [-0.15, -0.1) is 0 Å². The van der Waals surface area contributed by atoms with Crippen LogP contribution in [0.1, 0.15) is 68.2 Å². The second kappa shape index (κ2) is 8.34. The van der Waals surface area contributed by atoms with Gasteiger partial charge in [-0.05, 0) is 69.9 Å². The lowest BCUT2D eigenvalue weighted by Gasteiger charge is -2.32. The monoisotopic (exact) mass is 466 g/mol. The number of nitrogen functional groups attached to an aromatic ring is 1. The first-order chi connectivity index (χ1) is 16.2. The first-order valence-electron chi connectivity index (χ1n) is 11.5. The molecule has 10 heteroatoms. The van der Waals surface area contributed by atoms with Crippen molar-refractivity contribution in [3.05, 3.63) is 57.3 Å². The number of aryl methyl sites for hydroxylation is 1. The lowest BCUT2D eigenvalue weighted by Crippen LogP contribution is -2.41. The fourth-order valence-corrected chi connectivity index (χ4v) is 4.99. The Hall–Kier alpha value is -3.56. The molecule has 1 aromatic carbocycles. The Labute approximate surface area is 195 Å². The summed E-state index contributed by atoms with van der Waals surface area (Å²) in [7, 11) is 0. The van der Waals surface area contributed by atoms with Gasteiger partial charge in [0, 0.05) is 12.0 Å². The first kappa shape index (κ1) is 22.2. The molecule has 0 saturated heterocycles. The molecule has 1 aliphatic carbocycles. The normalized spacial score (nSPS) is 21.5. The standard InChI is InChI=1S/C24H27FN6O3/c1-12-27-21(26)19-22(28-12)33-24(2,3)20(30-19)15-8-9-16(17(25)11-15)14-6-4-13(5-7-14)10-18-29-23(32)34-31-18/h8-9,11,13-14H,4-7,10H2,1-3H3,(H2,26,27,28)(H,29,31,32). The summed E-state index contributed by atoms with van der Waals surface area (Å²) in [6, 6.07) is 5.28. The number of ether oxygens (including phenoxy) is 1. The molecule has 5 rings (SSSR count). The quantitative estimate of drug-likeness (QED) is 0.594. The fraction of sp³-hybridized carbons (Fsp3) is 0.458. The highest BCUT2D eigenvalue weighted by Crippen LogP contribution is 2.41. The Balaban J connectivity index is 1.35. The van der Waals surface area contributed by atoms with Crippen molar-refractivity contribution >= 4 is 17.2 Å². The van der Waals surface area contributed by atoms with Crippen molar-refractivity contribution in [2.24, 2.45) is 10.9 Å². The molecule has 0 unspecified atom stereocenters. The van der Waals surface area contributed by atoms with E-state index in [1.54, 1.807) is 6.92 Å². The highest BCUT2D eigenvalue weighted by molar-refractivity contribution is 6.09. The van der Waals surface area contributed by atoms with E-state index in [2.05, 4.69) is 29.6 Å². The van der Waals surface area contributed by atoms with Gasteiger partial charge in [-0.1, -0.05) is 17.3 Å². The van der Waals surface area contributed by atoms with Crippen LogP contribution in [0.3, 0.4) is 0 Å².